The zero-order valence-corrected chi connectivity index (χ0v) is 14.5. The first-order valence-corrected chi connectivity index (χ1v) is 8.37. The van der Waals surface area contributed by atoms with Crippen LogP contribution in [-0.2, 0) is 4.79 Å². The number of hydrogen-bond acceptors (Lipinski definition) is 3. The van der Waals surface area contributed by atoms with Gasteiger partial charge in [0.15, 0.2) is 0 Å². The van der Waals surface area contributed by atoms with Gasteiger partial charge in [0.2, 0.25) is 5.91 Å². The van der Waals surface area contributed by atoms with Gasteiger partial charge < -0.3 is 15.1 Å². The third-order valence-corrected chi connectivity index (χ3v) is 4.95. The molecular formula is C17H33N3O. The predicted molar refractivity (Wildman–Crippen MR) is 87.3 cm³/mol. The smallest absolute Gasteiger partial charge is 0.236 e. The third-order valence-electron chi connectivity index (χ3n) is 4.95. The molecule has 4 heteroatoms. The molecule has 122 valence electrons. The van der Waals surface area contributed by atoms with E-state index < -0.39 is 0 Å². The lowest BCUT2D eigenvalue weighted by atomic mass is 9.63. The molecule has 0 bridgehead atoms. The highest BCUT2D eigenvalue weighted by molar-refractivity contribution is 5.78. The van der Waals surface area contributed by atoms with Crippen LogP contribution < -0.4 is 5.32 Å². The molecule has 4 nitrogen and oxygen atoms in total. The van der Waals surface area contributed by atoms with E-state index in [1.165, 1.54) is 19.3 Å². The zero-order chi connectivity index (χ0) is 15.7. The van der Waals surface area contributed by atoms with E-state index in [-0.39, 0.29) is 5.91 Å². The van der Waals surface area contributed by atoms with Crippen LogP contribution in [-0.4, -0.2) is 61.5 Å². The molecule has 1 aliphatic carbocycles. The number of likely N-dealkylation sites (N-methyl/N-ethyl adjacent to an activating group) is 1. The molecule has 0 aromatic heterocycles. The van der Waals surface area contributed by atoms with Crippen molar-refractivity contribution >= 4 is 5.91 Å². The lowest BCUT2D eigenvalue weighted by molar-refractivity contribution is -0.132. The van der Waals surface area contributed by atoms with Crippen LogP contribution >= 0.6 is 0 Å². The maximum Gasteiger partial charge on any atom is 0.236 e. The highest BCUT2D eigenvalue weighted by Gasteiger charge is 2.38. The molecule has 1 heterocycles. The van der Waals surface area contributed by atoms with Crippen LogP contribution in [0.4, 0.5) is 0 Å². The average Bonchev–Trinajstić information content (AvgIpc) is 2.33. The normalized spacial score (nSPS) is 26.8. The molecule has 0 unspecified atom stereocenters. The lowest BCUT2D eigenvalue weighted by Crippen LogP contribution is -2.51. The number of nitrogens with one attached hydrogen (secondary N) is 1. The van der Waals surface area contributed by atoms with Gasteiger partial charge in [0.05, 0.1) is 6.54 Å². The molecule has 2 rings (SSSR count). The summed E-state index contributed by atoms with van der Waals surface area (Å²) in [6.45, 7) is 13.6. The van der Waals surface area contributed by atoms with Gasteiger partial charge in [-0.25, -0.2) is 0 Å². The Kier molecular flexibility index (Phi) is 4.99. The van der Waals surface area contributed by atoms with E-state index in [0.29, 0.717) is 23.4 Å². The molecule has 21 heavy (non-hydrogen) atoms. The molecule has 1 amide bonds. The van der Waals surface area contributed by atoms with E-state index in [1.807, 2.05) is 4.90 Å². The van der Waals surface area contributed by atoms with Gasteiger partial charge in [-0.2, -0.15) is 0 Å². The number of carbonyl (C=O) groups excluding carboxylic acids is 1. The van der Waals surface area contributed by atoms with Crippen molar-refractivity contribution in [3.63, 3.8) is 0 Å². The zero-order valence-electron chi connectivity index (χ0n) is 14.5. The maximum atomic E-state index is 12.3. The quantitative estimate of drug-likeness (QED) is 0.864. The van der Waals surface area contributed by atoms with E-state index >= 15 is 0 Å². The number of carbonyl (C=O) groups is 1. The summed E-state index contributed by atoms with van der Waals surface area (Å²) in [4.78, 5) is 16.6. The Labute approximate surface area is 130 Å². The summed E-state index contributed by atoms with van der Waals surface area (Å²) in [5.41, 5.74) is 0.743. The number of piperazine rings is 1. The van der Waals surface area contributed by atoms with Crippen LogP contribution in [0.25, 0.3) is 0 Å². The standard InChI is InChI=1S/C17H33N3O/c1-16(2)10-14(11-17(3,4)13-16)18-12-15(21)20-8-6-19(5)7-9-20/h14,18H,6-13H2,1-5H3. The summed E-state index contributed by atoms with van der Waals surface area (Å²) >= 11 is 0. The van der Waals surface area contributed by atoms with E-state index in [1.54, 1.807) is 0 Å². The monoisotopic (exact) mass is 295 g/mol. The van der Waals surface area contributed by atoms with E-state index in [4.69, 9.17) is 0 Å². The van der Waals surface area contributed by atoms with Crippen molar-refractivity contribution in [3.05, 3.63) is 0 Å². The van der Waals surface area contributed by atoms with Crippen LogP contribution in [0.2, 0.25) is 0 Å². The first-order valence-electron chi connectivity index (χ1n) is 8.37. The Morgan fingerprint density at radius 3 is 2.10 bits per heavy atom. The SMILES string of the molecule is CN1CCN(C(=O)CNC2CC(C)(C)CC(C)(C)C2)CC1. The Morgan fingerprint density at radius 2 is 1.57 bits per heavy atom. The maximum absolute atomic E-state index is 12.3. The van der Waals surface area contributed by atoms with E-state index in [0.717, 1.165) is 26.2 Å². The fraction of sp³-hybridized carbons (Fsp3) is 0.941. The van der Waals surface area contributed by atoms with Crippen molar-refractivity contribution in [1.82, 2.24) is 15.1 Å². The minimum absolute atomic E-state index is 0.268. The van der Waals surface area contributed by atoms with Crippen molar-refractivity contribution in [2.24, 2.45) is 10.8 Å². The molecule has 1 aliphatic heterocycles. The van der Waals surface area contributed by atoms with Crippen LogP contribution in [0, 0.1) is 10.8 Å². The largest absolute Gasteiger partial charge is 0.339 e. The van der Waals surface area contributed by atoms with Gasteiger partial charge >= 0.3 is 0 Å². The summed E-state index contributed by atoms with van der Waals surface area (Å²) in [5.74, 6) is 0.268. The second-order valence-corrected chi connectivity index (χ2v) is 8.68. The third kappa shape index (κ3) is 4.96. The molecule has 1 N–H and O–H groups in total. The van der Waals surface area contributed by atoms with Gasteiger partial charge in [-0.05, 0) is 37.1 Å². The molecule has 2 fully saturated rings. The van der Waals surface area contributed by atoms with E-state index in [9.17, 15) is 4.79 Å². The Hall–Kier alpha value is -0.610. The molecule has 0 aromatic rings. The Bertz CT molecular complexity index is 354. The second-order valence-electron chi connectivity index (χ2n) is 8.68. The number of rotatable bonds is 3. The van der Waals surface area contributed by atoms with Crippen molar-refractivity contribution in [2.45, 2.75) is 53.0 Å². The van der Waals surface area contributed by atoms with E-state index in [2.05, 4.69) is 45.0 Å². The summed E-state index contributed by atoms with van der Waals surface area (Å²) in [6, 6.07) is 0.472. The first kappa shape index (κ1) is 16.8. The van der Waals surface area contributed by atoms with Crippen molar-refractivity contribution in [1.29, 1.82) is 0 Å². The summed E-state index contributed by atoms with van der Waals surface area (Å²) in [6.07, 6.45) is 3.61. The van der Waals surface area contributed by atoms with Crippen LogP contribution in [0.5, 0.6) is 0 Å². The van der Waals surface area contributed by atoms with Crippen molar-refractivity contribution in [2.75, 3.05) is 39.8 Å². The topological polar surface area (TPSA) is 35.6 Å². The number of amides is 1. The molecule has 0 spiro atoms. The van der Waals surface area contributed by atoms with Gasteiger partial charge in [0.25, 0.3) is 0 Å². The average molecular weight is 295 g/mol. The van der Waals surface area contributed by atoms with Gasteiger partial charge in [0, 0.05) is 32.2 Å². The van der Waals surface area contributed by atoms with Gasteiger partial charge in [-0.15, -0.1) is 0 Å². The minimum Gasteiger partial charge on any atom is -0.339 e. The molecule has 0 atom stereocenters. The van der Waals surface area contributed by atoms with Crippen LogP contribution in [0.1, 0.15) is 47.0 Å². The Balaban J connectivity index is 1.81. The highest BCUT2D eigenvalue weighted by Crippen LogP contribution is 2.45. The molecular weight excluding hydrogens is 262 g/mol. The minimum atomic E-state index is 0.268. The van der Waals surface area contributed by atoms with Crippen molar-refractivity contribution < 1.29 is 4.79 Å². The van der Waals surface area contributed by atoms with Gasteiger partial charge in [0.1, 0.15) is 0 Å². The Morgan fingerprint density at radius 1 is 1.05 bits per heavy atom. The molecule has 1 saturated heterocycles. The number of nitrogens with zero attached hydrogens (tertiary/aromatic N) is 2. The van der Waals surface area contributed by atoms with Crippen molar-refractivity contribution in [3.8, 4) is 0 Å². The van der Waals surface area contributed by atoms with Gasteiger partial charge in [-0.3, -0.25) is 4.79 Å². The summed E-state index contributed by atoms with van der Waals surface area (Å²) in [7, 11) is 2.12. The van der Waals surface area contributed by atoms with Gasteiger partial charge in [-0.1, -0.05) is 27.7 Å². The first-order chi connectivity index (χ1) is 9.67. The summed E-state index contributed by atoms with van der Waals surface area (Å²) in [5, 5.41) is 3.54. The fourth-order valence-electron chi connectivity index (χ4n) is 4.39. The molecule has 2 aliphatic rings. The predicted octanol–water partition coefficient (Wildman–Crippen LogP) is 1.95. The number of hydrogen-bond donors (Lipinski definition) is 1. The molecule has 0 aromatic carbocycles. The highest BCUT2D eigenvalue weighted by atomic mass is 16.2. The second kappa shape index (κ2) is 6.25. The molecule has 1 saturated carbocycles. The van der Waals surface area contributed by atoms with Crippen LogP contribution in [0.15, 0.2) is 0 Å². The van der Waals surface area contributed by atoms with Crippen LogP contribution in [0.3, 0.4) is 0 Å². The fourth-order valence-corrected chi connectivity index (χ4v) is 4.39. The summed E-state index contributed by atoms with van der Waals surface area (Å²) < 4.78 is 0. The lowest BCUT2D eigenvalue weighted by Gasteiger charge is -2.45. The molecule has 0 radical (unpaired) electrons.